The van der Waals surface area contributed by atoms with Crippen molar-refractivity contribution in [3.8, 4) is 17.1 Å². The summed E-state index contributed by atoms with van der Waals surface area (Å²) in [6, 6.07) is 11.0. The lowest BCUT2D eigenvalue weighted by Crippen LogP contribution is -1.97. The van der Waals surface area contributed by atoms with Crippen LogP contribution >= 0.6 is 39.1 Å². The number of aromatic nitrogens is 4. The van der Waals surface area contributed by atoms with E-state index >= 15 is 0 Å². The van der Waals surface area contributed by atoms with Crippen LogP contribution in [0.4, 0.5) is 0 Å². The number of ether oxygens (including phenoxy) is 1. The van der Waals surface area contributed by atoms with Crippen LogP contribution in [0.3, 0.4) is 0 Å². The Kier molecular flexibility index (Phi) is 4.61. The molecule has 0 saturated carbocycles. The summed E-state index contributed by atoms with van der Waals surface area (Å²) in [4.78, 5) is 0. The molecule has 5 nitrogen and oxygen atoms in total. The molecule has 8 heteroatoms. The van der Waals surface area contributed by atoms with Crippen LogP contribution in [0.15, 0.2) is 40.9 Å². The van der Waals surface area contributed by atoms with E-state index in [9.17, 15) is 0 Å². The lowest BCUT2D eigenvalue weighted by molar-refractivity contribution is 0.304. The van der Waals surface area contributed by atoms with Gasteiger partial charge in [0.25, 0.3) is 0 Å². The number of H-pyrrole nitrogens is 1. The highest BCUT2D eigenvalue weighted by atomic mass is 79.9. The number of benzene rings is 2. The number of hydrogen-bond donors (Lipinski definition) is 1. The van der Waals surface area contributed by atoms with Crippen molar-refractivity contribution in [3.63, 3.8) is 0 Å². The van der Waals surface area contributed by atoms with E-state index in [1.165, 1.54) is 0 Å². The summed E-state index contributed by atoms with van der Waals surface area (Å²) in [5, 5.41) is 14.9. The molecule has 0 atom stereocenters. The fourth-order valence-electron chi connectivity index (χ4n) is 1.89. The fourth-order valence-corrected chi connectivity index (χ4v) is 3.07. The van der Waals surface area contributed by atoms with Crippen molar-refractivity contribution in [1.29, 1.82) is 0 Å². The van der Waals surface area contributed by atoms with E-state index in [4.69, 9.17) is 27.9 Å². The van der Waals surface area contributed by atoms with Crippen molar-refractivity contribution >= 4 is 39.1 Å². The number of halogens is 3. The molecule has 3 aromatic rings. The van der Waals surface area contributed by atoms with Crippen LogP contribution in [0.25, 0.3) is 11.4 Å². The Morgan fingerprint density at radius 3 is 2.73 bits per heavy atom. The van der Waals surface area contributed by atoms with Gasteiger partial charge < -0.3 is 4.74 Å². The third kappa shape index (κ3) is 3.40. The Bertz CT molecular complexity index is 772. The predicted molar refractivity (Wildman–Crippen MR) is 88.1 cm³/mol. The minimum absolute atomic E-state index is 0.362. The van der Waals surface area contributed by atoms with E-state index in [1.807, 2.05) is 30.3 Å². The number of aromatic amines is 1. The maximum atomic E-state index is 6.28. The van der Waals surface area contributed by atoms with E-state index in [0.717, 1.165) is 11.1 Å². The van der Waals surface area contributed by atoms with Gasteiger partial charge in [-0.1, -0.05) is 35.3 Å². The van der Waals surface area contributed by atoms with Crippen molar-refractivity contribution in [2.75, 3.05) is 0 Å². The number of nitrogens with zero attached hydrogens (tertiary/aromatic N) is 3. The van der Waals surface area contributed by atoms with Crippen LogP contribution in [-0.2, 0) is 6.61 Å². The molecule has 2 aromatic carbocycles. The SMILES string of the molecule is Clc1cccc(COc2c(Cl)cc(-c3nn[nH]n3)cc2Br)c1. The molecule has 3 rings (SSSR count). The topological polar surface area (TPSA) is 63.7 Å². The van der Waals surface area contributed by atoms with Gasteiger partial charge >= 0.3 is 0 Å². The highest BCUT2D eigenvalue weighted by Gasteiger charge is 2.13. The summed E-state index contributed by atoms with van der Waals surface area (Å²) in [6.07, 6.45) is 0. The van der Waals surface area contributed by atoms with Gasteiger partial charge in [0.05, 0.1) is 9.50 Å². The zero-order chi connectivity index (χ0) is 15.5. The minimum Gasteiger partial charge on any atom is -0.486 e. The van der Waals surface area contributed by atoms with E-state index in [2.05, 4.69) is 36.6 Å². The van der Waals surface area contributed by atoms with E-state index in [0.29, 0.717) is 32.7 Å². The first kappa shape index (κ1) is 15.3. The third-order valence-corrected chi connectivity index (χ3v) is 3.98. The highest BCUT2D eigenvalue weighted by Crippen LogP contribution is 2.37. The molecule has 0 bridgehead atoms. The van der Waals surface area contributed by atoms with Gasteiger partial charge in [-0.2, -0.15) is 5.21 Å². The van der Waals surface area contributed by atoms with Gasteiger partial charge in [0, 0.05) is 10.6 Å². The van der Waals surface area contributed by atoms with E-state index in [-0.39, 0.29) is 0 Å². The Morgan fingerprint density at radius 1 is 1.18 bits per heavy atom. The summed E-state index contributed by atoms with van der Waals surface area (Å²) in [5.41, 5.74) is 1.69. The van der Waals surface area contributed by atoms with Crippen molar-refractivity contribution < 1.29 is 4.74 Å². The van der Waals surface area contributed by atoms with E-state index < -0.39 is 0 Å². The van der Waals surface area contributed by atoms with Gasteiger partial charge in [0.15, 0.2) is 5.75 Å². The largest absolute Gasteiger partial charge is 0.486 e. The maximum Gasteiger partial charge on any atom is 0.204 e. The van der Waals surface area contributed by atoms with Crippen LogP contribution in [0, 0.1) is 0 Å². The van der Waals surface area contributed by atoms with Crippen molar-refractivity contribution in [2.24, 2.45) is 0 Å². The Hall–Kier alpha value is -1.63. The Labute approximate surface area is 144 Å². The number of tetrazole rings is 1. The molecule has 0 saturated heterocycles. The zero-order valence-electron chi connectivity index (χ0n) is 11.1. The molecular formula is C14H9BrCl2N4O. The Balaban J connectivity index is 1.82. The molecule has 0 fully saturated rings. The molecule has 0 amide bonds. The number of nitrogens with one attached hydrogen (secondary N) is 1. The summed E-state index contributed by atoms with van der Waals surface area (Å²) >= 11 is 15.7. The highest BCUT2D eigenvalue weighted by molar-refractivity contribution is 9.10. The fraction of sp³-hybridized carbons (Fsp3) is 0.0714. The predicted octanol–water partition coefficient (Wildman–Crippen LogP) is 4.52. The number of hydrogen-bond acceptors (Lipinski definition) is 4. The molecule has 0 aliphatic heterocycles. The van der Waals surface area contributed by atoms with E-state index in [1.54, 1.807) is 6.07 Å². The van der Waals surface area contributed by atoms with Crippen molar-refractivity contribution in [3.05, 3.63) is 56.5 Å². The monoisotopic (exact) mass is 398 g/mol. The number of rotatable bonds is 4. The molecule has 1 heterocycles. The first-order valence-electron chi connectivity index (χ1n) is 6.23. The van der Waals surface area contributed by atoms with Gasteiger partial charge in [-0.25, -0.2) is 0 Å². The molecular weight excluding hydrogens is 391 g/mol. The molecule has 1 aromatic heterocycles. The average Bonchev–Trinajstić information content (AvgIpc) is 3.00. The average molecular weight is 400 g/mol. The quantitative estimate of drug-likeness (QED) is 0.700. The summed E-state index contributed by atoms with van der Waals surface area (Å²) in [7, 11) is 0. The summed E-state index contributed by atoms with van der Waals surface area (Å²) in [5.74, 6) is 1.01. The Morgan fingerprint density at radius 2 is 2.05 bits per heavy atom. The normalized spacial score (nSPS) is 10.7. The van der Waals surface area contributed by atoms with Crippen LogP contribution in [0.1, 0.15) is 5.56 Å². The minimum atomic E-state index is 0.362. The van der Waals surface area contributed by atoms with Crippen LogP contribution in [-0.4, -0.2) is 20.6 Å². The molecule has 112 valence electrons. The van der Waals surface area contributed by atoms with Crippen LogP contribution < -0.4 is 4.74 Å². The molecule has 0 aliphatic rings. The second-order valence-corrected chi connectivity index (χ2v) is 6.12. The second-order valence-electron chi connectivity index (χ2n) is 4.42. The van der Waals surface area contributed by atoms with Gasteiger partial charge in [-0.3, -0.25) is 0 Å². The smallest absolute Gasteiger partial charge is 0.204 e. The lowest BCUT2D eigenvalue weighted by Gasteiger charge is -2.11. The lowest BCUT2D eigenvalue weighted by atomic mass is 10.2. The zero-order valence-corrected chi connectivity index (χ0v) is 14.2. The molecule has 22 heavy (non-hydrogen) atoms. The molecule has 0 spiro atoms. The molecule has 0 unspecified atom stereocenters. The van der Waals surface area contributed by atoms with Gasteiger partial charge in [-0.05, 0) is 51.0 Å². The van der Waals surface area contributed by atoms with Gasteiger partial charge in [0.2, 0.25) is 5.82 Å². The first-order chi connectivity index (χ1) is 10.6. The third-order valence-electron chi connectivity index (χ3n) is 2.87. The summed E-state index contributed by atoms with van der Waals surface area (Å²) in [6.45, 7) is 0.362. The molecule has 0 aliphatic carbocycles. The molecule has 1 N–H and O–H groups in total. The van der Waals surface area contributed by atoms with Crippen molar-refractivity contribution in [1.82, 2.24) is 20.6 Å². The van der Waals surface area contributed by atoms with Crippen LogP contribution in [0.2, 0.25) is 10.0 Å². The van der Waals surface area contributed by atoms with Gasteiger partial charge in [-0.15, -0.1) is 10.2 Å². The molecule has 0 radical (unpaired) electrons. The second kappa shape index (κ2) is 6.64. The maximum absolute atomic E-state index is 6.28. The standard InChI is InChI=1S/C14H9BrCl2N4O/c15-11-5-9(14-18-20-21-19-14)6-12(17)13(11)22-7-8-2-1-3-10(16)4-8/h1-6H,7H2,(H,18,19,20,21). The van der Waals surface area contributed by atoms with Crippen LogP contribution in [0.5, 0.6) is 5.75 Å². The first-order valence-corrected chi connectivity index (χ1v) is 7.78. The van der Waals surface area contributed by atoms with Gasteiger partial charge in [0.1, 0.15) is 6.61 Å². The van der Waals surface area contributed by atoms with Crippen molar-refractivity contribution in [2.45, 2.75) is 6.61 Å². The summed E-state index contributed by atoms with van der Waals surface area (Å²) < 4.78 is 6.49.